The van der Waals surface area contributed by atoms with Gasteiger partial charge < -0.3 is 14.8 Å². The van der Waals surface area contributed by atoms with Gasteiger partial charge in [-0.25, -0.2) is 0 Å². The molecule has 0 radical (unpaired) electrons. The Morgan fingerprint density at radius 2 is 2.06 bits per heavy atom. The fraction of sp³-hybridized carbons (Fsp3) is 0.636. The molecule has 2 rings (SSSR count). The van der Waals surface area contributed by atoms with Gasteiger partial charge in [-0.05, 0) is 26.2 Å². The lowest BCUT2D eigenvalue weighted by Crippen LogP contribution is -2.47. The Balaban J connectivity index is 1.97. The molecule has 1 fully saturated rings. The molecule has 0 atom stereocenters. The first kappa shape index (κ1) is 12.7. The molecule has 1 aromatic rings. The third kappa shape index (κ3) is 3.14. The Morgan fingerprint density at radius 1 is 1.41 bits per heavy atom. The summed E-state index contributed by atoms with van der Waals surface area (Å²) in [5.74, 6) is 0.214. The van der Waals surface area contributed by atoms with E-state index >= 15 is 0 Å². The minimum Gasteiger partial charge on any atom is -0.341 e. The first-order chi connectivity index (χ1) is 8.06. The van der Waals surface area contributed by atoms with Crippen molar-refractivity contribution in [2.45, 2.75) is 13.3 Å². The molecular weight excluding hydrogens is 254 g/mol. The largest absolute Gasteiger partial charge is 0.341 e. The molecule has 17 heavy (non-hydrogen) atoms. The second kappa shape index (κ2) is 5.29. The van der Waals surface area contributed by atoms with Gasteiger partial charge in [-0.3, -0.25) is 4.79 Å². The Labute approximate surface area is 110 Å². The van der Waals surface area contributed by atoms with Crippen molar-refractivity contribution in [2.75, 3.05) is 33.2 Å². The number of carbonyl (C=O) groups is 1. The van der Waals surface area contributed by atoms with E-state index in [1.54, 1.807) is 0 Å². The Morgan fingerprint density at radius 3 is 2.59 bits per heavy atom. The highest BCUT2D eigenvalue weighted by Gasteiger charge is 2.20. The van der Waals surface area contributed by atoms with Crippen LogP contribution in [-0.4, -0.2) is 53.9 Å². The van der Waals surface area contributed by atoms with Crippen LogP contribution in [0.4, 0.5) is 0 Å². The maximum Gasteiger partial charge on any atom is 0.227 e. The molecule has 6 heteroatoms. The lowest BCUT2D eigenvalue weighted by atomic mass is 10.2. The predicted molar refractivity (Wildman–Crippen MR) is 72.0 cm³/mol. The number of piperazine rings is 1. The van der Waals surface area contributed by atoms with Crippen molar-refractivity contribution < 1.29 is 4.79 Å². The van der Waals surface area contributed by atoms with Crippen LogP contribution in [0.1, 0.15) is 10.6 Å². The van der Waals surface area contributed by atoms with Crippen LogP contribution in [0.3, 0.4) is 0 Å². The van der Waals surface area contributed by atoms with Crippen molar-refractivity contribution in [3.63, 3.8) is 0 Å². The Hall–Kier alpha value is -0.720. The van der Waals surface area contributed by atoms with Gasteiger partial charge in [-0.1, -0.05) is 0 Å². The highest BCUT2D eigenvalue weighted by molar-refractivity contribution is 7.73. The molecule has 2 heterocycles. The molecule has 1 aromatic heterocycles. The van der Waals surface area contributed by atoms with Crippen molar-refractivity contribution >= 4 is 29.5 Å². The molecule has 0 bridgehead atoms. The molecule has 0 aromatic carbocycles. The quantitative estimate of drug-likeness (QED) is 0.827. The number of amides is 1. The molecule has 0 saturated carbocycles. The lowest BCUT2D eigenvalue weighted by Gasteiger charge is -2.32. The van der Waals surface area contributed by atoms with Crippen LogP contribution in [0.25, 0.3) is 0 Å². The number of nitrogens with zero attached hydrogens (tertiary/aromatic N) is 2. The zero-order valence-corrected chi connectivity index (χ0v) is 11.8. The van der Waals surface area contributed by atoms with E-state index < -0.39 is 0 Å². The summed E-state index contributed by atoms with van der Waals surface area (Å²) in [4.78, 5) is 20.4. The van der Waals surface area contributed by atoms with E-state index in [9.17, 15) is 4.79 Å². The van der Waals surface area contributed by atoms with Crippen molar-refractivity contribution in [3.8, 4) is 0 Å². The van der Waals surface area contributed by atoms with Crippen molar-refractivity contribution in [1.29, 1.82) is 0 Å². The molecule has 1 N–H and O–H groups in total. The van der Waals surface area contributed by atoms with Gasteiger partial charge >= 0.3 is 0 Å². The standard InChI is InChI=1S/C11H17N3OS2/c1-8-9(17-11(16)12-8)7-10(15)14-5-3-13(2)4-6-14/h3-7H2,1-2H3,(H,12,16). The number of rotatable bonds is 2. The van der Waals surface area contributed by atoms with Crippen LogP contribution in [0, 0.1) is 10.9 Å². The van der Waals surface area contributed by atoms with Crippen LogP contribution in [0.15, 0.2) is 0 Å². The van der Waals surface area contributed by atoms with E-state index in [1.807, 2.05) is 11.8 Å². The molecule has 1 saturated heterocycles. The topological polar surface area (TPSA) is 39.3 Å². The fourth-order valence-corrected chi connectivity index (χ4v) is 3.19. The first-order valence-corrected chi connectivity index (χ1v) is 6.93. The molecule has 4 nitrogen and oxygen atoms in total. The van der Waals surface area contributed by atoms with Gasteiger partial charge in [0.05, 0.1) is 6.42 Å². The molecular formula is C11H17N3OS2. The van der Waals surface area contributed by atoms with Crippen molar-refractivity contribution in [3.05, 3.63) is 14.5 Å². The smallest absolute Gasteiger partial charge is 0.227 e. The lowest BCUT2D eigenvalue weighted by molar-refractivity contribution is -0.131. The molecule has 0 aliphatic carbocycles. The second-order valence-corrected chi connectivity index (χ2v) is 6.20. The molecule has 1 aliphatic rings. The van der Waals surface area contributed by atoms with E-state index in [2.05, 4.69) is 16.9 Å². The minimum atomic E-state index is 0.214. The summed E-state index contributed by atoms with van der Waals surface area (Å²) in [7, 11) is 2.09. The van der Waals surface area contributed by atoms with Gasteiger partial charge in [0, 0.05) is 36.8 Å². The Kier molecular flexibility index (Phi) is 3.96. The minimum absolute atomic E-state index is 0.214. The number of nitrogens with one attached hydrogen (secondary N) is 1. The number of H-pyrrole nitrogens is 1. The maximum atomic E-state index is 12.1. The number of carbonyl (C=O) groups excluding carboxylic acids is 1. The number of thiazole rings is 1. The normalized spacial score (nSPS) is 17.4. The monoisotopic (exact) mass is 271 g/mol. The van der Waals surface area contributed by atoms with Gasteiger partial charge in [0.2, 0.25) is 5.91 Å². The zero-order valence-electron chi connectivity index (χ0n) is 10.2. The third-order valence-electron chi connectivity index (χ3n) is 3.09. The first-order valence-electron chi connectivity index (χ1n) is 5.71. The average molecular weight is 271 g/mol. The molecule has 94 valence electrons. The number of aromatic nitrogens is 1. The summed E-state index contributed by atoms with van der Waals surface area (Å²) >= 11 is 6.59. The van der Waals surface area contributed by atoms with Gasteiger partial charge in [-0.2, -0.15) is 0 Å². The number of likely N-dealkylation sites (N-methyl/N-ethyl adjacent to an activating group) is 1. The Bertz CT molecular complexity index is 458. The number of hydrogen-bond donors (Lipinski definition) is 1. The zero-order chi connectivity index (χ0) is 12.4. The molecule has 1 amide bonds. The van der Waals surface area contributed by atoms with Crippen LogP contribution >= 0.6 is 23.6 Å². The second-order valence-electron chi connectivity index (χ2n) is 4.42. The predicted octanol–water partition coefficient (Wildman–Crippen LogP) is 1.43. The number of aromatic amines is 1. The van der Waals surface area contributed by atoms with Crippen molar-refractivity contribution in [2.24, 2.45) is 0 Å². The SMILES string of the molecule is Cc1[nH]c(=S)sc1CC(=O)N1CCN(C)CC1. The van der Waals surface area contributed by atoms with Crippen molar-refractivity contribution in [1.82, 2.24) is 14.8 Å². The van der Waals surface area contributed by atoms with E-state index in [0.717, 1.165) is 40.7 Å². The van der Waals surface area contributed by atoms with Gasteiger partial charge in [-0.15, -0.1) is 11.3 Å². The summed E-state index contributed by atoms with van der Waals surface area (Å²) in [6, 6.07) is 0. The average Bonchev–Trinajstić information content (AvgIpc) is 2.58. The van der Waals surface area contributed by atoms with Crippen LogP contribution < -0.4 is 0 Å². The fourth-order valence-electron chi connectivity index (χ4n) is 1.91. The summed E-state index contributed by atoms with van der Waals surface area (Å²) in [6.45, 7) is 5.58. The van der Waals surface area contributed by atoms with Crippen LogP contribution in [0.5, 0.6) is 0 Å². The van der Waals surface area contributed by atoms with Crippen LogP contribution in [0.2, 0.25) is 0 Å². The summed E-state index contributed by atoms with van der Waals surface area (Å²) < 4.78 is 0.753. The van der Waals surface area contributed by atoms with E-state index in [1.165, 1.54) is 11.3 Å². The summed E-state index contributed by atoms with van der Waals surface area (Å²) in [5, 5.41) is 0. The van der Waals surface area contributed by atoms with Crippen LogP contribution in [-0.2, 0) is 11.2 Å². The highest BCUT2D eigenvalue weighted by Crippen LogP contribution is 2.16. The number of hydrogen-bond acceptors (Lipinski definition) is 4. The van der Waals surface area contributed by atoms with E-state index in [4.69, 9.17) is 12.2 Å². The van der Waals surface area contributed by atoms with Gasteiger partial charge in [0.1, 0.15) is 0 Å². The maximum absolute atomic E-state index is 12.1. The van der Waals surface area contributed by atoms with Gasteiger partial charge in [0.25, 0.3) is 0 Å². The van der Waals surface area contributed by atoms with E-state index in [0.29, 0.717) is 6.42 Å². The van der Waals surface area contributed by atoms with Gasteiger partial charge in [0.15, 0.2) is 3.95 Å². The summed E-state index contributed by atoms with van der Waals surface area (Å²) in [5.41, 5.74) is 1.03. The highest BCUT2D eigenvalue weighted by atomic mass is 32.1. The molecule has 1 aliphatic heterocycles. The molecule has 0 unspecified atom stereocenters. The summed E-state index contributed by atoms with van der Waals surface area (Å²) in [6.07, 6.45) is 0.480. The third-order valence-corrected chi connectivity index (χ3v) is 4.43. The van der Waals surface area contributed by atoms with E-state index in [-0.39, 0.29) is 5.91 Å². The molecule has 0 spiro atoms. The number of aryl methyl sites for hydroxylation is 1.